The Morgan fingerprint density at radius 3 is 2.67 bits per heavy atom. The van der Waals surface area contributed by atoms with E-state index in [2.05, 4.69) is 27.1 Å². The standard InChI is InChI=1S/C16H21N3OS/c1-13(20-14-7-4-3-5-8-14)11-18-16(17-2)19-12-15-9-6-10-21-15/h3-10,13H,11-12H2,1-2H3,(H2,17,18,19). The summed E-state index contributed by atoms with van der Waals surface area (Å²) in [6.45, 7) is 3.51. The fraction of sp³-hybridized carbons (Fsp3) is 0.312. The van der Waals surface area contributed by atoms with Crippen LogP contribution in [0.2, 0.25) is 0 Å². The molecule has 0 amide bonds. The Bertz CT molecular complexity index is 540. The number of nitrogens with one attached hydrogen (secondary N) is 2. The highest BCUT2D eigenvalue weighted by Gasteiger charge is 2.05. The van der Waals surface area contributed by atoms with E-state index in [0.717, 1.165) is 18.3 Å². The van der Waals surface area contributed by atoms with Gasteiger partial charge in [-0.15, -0.1) is 11.3 Å². The second kappa shape index (κ2) is 8.32. The molecule has 0 aliphatic carbocycles. The van der Waals surface area contributed by atoms with Gasteiger partial charge in [-0.2, -0.15) is 0 Å². The molecule has 1 atom stereocenters. The zero-order valence-electron chi connectivity index (χ0n) is 12.4. The highest BCUT2D eigenvalue weighted by molar-refractivity contribution is 7.09. The molecule has 0 bridgehead atoms. The van der Waals surface area contributed by atoms with E-state index >= 15 is 0 Å². The van der Waals surface area contributed by atoms with E-state index in [9.17, 15) is 0 Å². The first kappa shape index (κ1) is 15.4. The molecular weight excluding hydrogens is 282 g/mol. The molecular formula is C16H21N3OS. The van der Waals surface area contributed by atoms with Gasteiger partial charge in [-0.25, -0.2) is 0 Å². The zero-order chi connectivity index (χ0) is 14.9. The number of ether oxygens (including phenoxy) is 1. The molecule has 0 saturated carbocycles. The van der Waals surface area contributed by atoms with Gasteiger partial charge in [0, 0.05) is 11.9 Å². The van der Waals surface area contributed by atoms with Gasteiger partial charge in [0.1, 0.15) is 11.9 Å². The molecule has 0 spiro atoms. The van der Waals surface area contributed by atoms with Crippen molar-refractivity contribution in [2.45, 2.75) is 19.6 Å². The molecule has 2 N–H and O–H groups in total. The van der Waals surface area contributed by atoms with Crippen LogP contribution in [0.1, 0.15) is 11.8 Å². The first-order chi connectivity index (χ1) is 10.3. The molecule has 112 valence electrons. The van der Waals surface area contributed by atoms with Crippen LogP contribution in [0, 0.1) is 0 Å². The summed E-state index contributed by atoms with van der Waals surface area (Å²) in [6.07, 6.45) is 0.0627. The Kier molecular flexibility index (Phi) is 6.09. The minimum absolute atomic E-state index is 0.0627. The van der Waals surface area contributed by atoms with Crippen molar-refractivity contribution in [2.75, 3.05) is 13.6 Å². The number of aliphatic imine (C=N–C) groups is 1. The lowest BCUT2D eigenvalue weighted by molar-refractivity contribution is 0.224. The quantitative estimate of drug-likeness (QED) is 0.637. The van der Waals surface area contributed by atoms with E-state index in [4.69, 9.17) is 4.74 Å². The maximum absolute atomic E-state index is 5.82. The van der Waals surface area contributed by atoms with Crippen LogP contribution >= 0.6 is 11.3 Å². The van der Waals surface area contributed by atoms with Crippen LogP contribution in [0.25, 0.3) is 0 Å². The SMILES string of the molecule is CN=C(NCc1cccs1)NCC(C)Oc1ccccc1. The Morgan fingerprint density at radius 1 is 1.19 bits per heavy atom. The number of benzene rings is 1. The second-order valence-corrected chi connectivity index (χ2v) is 5.66. The van der Waals surface area contributed by atoms with E-state index < -0.39 is 0 Å². The Labute approximate surface area is 129 Å². The van der Waals surface area contributed by atoms with E-state index in [1.165, 1.54) is 4.88 Å². The van der Waals surface area contributed by atoms with E-state index in [1.54, 1.807) is 18.4 Å². The third kappa shape index (κ3) is 5.47. The van der Waals surface area contributed by atoms with Crippen LogP contribution in [0.5, 0.6) is 5.75 Å². The van der Waals surface area contributed by atoms with E-state index in [0.29, 0.717) is 6.54 Å². The van der Waals surface area contributed by atoms with E-state index in [1.807, 2.05) is 43.3 Å². The van der Waals surface area contributed by atoms with Crippen molar-refractivity contribution in [3.05, 3.63) is 52.7 Å². The maximum Gasteiger partial charge on any atom is 0.191 e. The van der Waals surface area contributed by atoms with Crippen molar-refractivity contribution < 1.29 is 4.74 Å². The van der Waals surface area contributed by atoms with E-state index in [-0.39, 0.29) is 6.10 Å². The summed E-state index contributed by atoms with van der Waals surface area (Å²) in [7, 11) is 1.77. The zero-order valence-corrected chi connectivity index (χ0v) is 13.2. The number of nitrogens with zero attached hydrogens (tertiary/aromatic N) is 1. The Balaban J connectivity index is 1.72. The summed E-state index contributed by atoms with van der Waals surface area (Å²) in [5.74, 6) is 1.67. The molecule has 1 aromatic carbocycles. The lowest BCUT2D eigenvalue weighted by Crippen LogP contribution is -2.41. The Morgan fingerprint density at radius 2 is 2.00 bits per heavy atom. The monoisotopic (exact) mass is 303 g/mol. The molecule has 0 radical (unpaired) electrons. The van der Waals surface area contributed by atoms with Crippen LogP contribution in [-0.4, -0.2) is 25.7 Å². The van der Waals surface area contributed by atoms with Gasteiger partial charge in [0.05, 0.1) is 13.1 Å². The van der Waals surface area contributed by atoms with Crippen molar-refractivity contribution in [3.63, 3.8) is 0 Å². The van der Waals surface area contributed by atoms with Gasteiger partial charge in [-0.1, -0.05) is 24.3 Å². The van der Waals surface area contributed by atoms with Crippen molar-refractivity contribution in [1.82, 2.24) is 10.6 Å². The van der Waals surface area contributed by atoms with Crippen molar-refractivity contribution >= 4 is 17.3 Å². The highest BCUT2D eigenvalue weighted by Crippen LogP contribution is 2.10. The number of thiophene rings is 1. The normalized spacial score (nSPS) is 12.8. The fourth-order valence-corrected chi connectivity index (χ4v) is 2.46. The summed E-state index contributed by atoms with van der Waals surface area (Å²) in [6, 6.07) is 14.0. The third-order valence-electron chi connectivity index (χ3n) is 2.87. The molecule has 2 aromatic rings. The van der Waals surface area contributed by atoms with Gasteiger partial charge in [-0.3, -0.25) is 4.99 Å². The summed E-state index contributed by atoms with van der Waals surface area (Å²) in [4.78, 5) is 5.49. The predicted molar refractivity (Wildman–Crippen MR) is 89.1 cm³/mol. The first-order valence-electron chi connectivity index (χ1n) is 6.96. The average Bonchev–Trinajstić information content (AvgIpc) is 3.02. The van der Waals surface area contributed by atoms with Gasteiger partial charge in [0.25, 0.3) is 0 Å². The van der Waals surface area contributed by atoms with Gasteiger partial charge in [0.2, 0.25) is 0 Å². The topological polar surface area (TPSA) is 45.7 Å². The lowest BCUT2D eigenvalue weighted by atomic mass is 10.3. The summed E-state index contributed by atoms with van der Waals surface area (Å²) in [5, 5.41) is 8.63. The number of para-hydroxylation sites is 1. The minimum Gasteiger partial charge on any atom is -0.489 e. The second-order valence-electron chi connectivity index (χ2n) is 4.63. The van der Waals surface area contributed by atoms with Crippen LogP contribution in [0.3, 0.4) is 0 Å². The molecule has 1 aromatic heterocycles. The summed E-state index contributed by atoms with van der Waals surface area (Å²) >= 11 is 1.73. The molecule has 2 rings (SSSR count). The first-order valence-corrected chi connectivity index (χ1v) is 7.84. The Hall–Kier alpha value is -2.01. The fourth-order valence-electron chi connectivity index (χ4n) is 1.82. The summed E-state index contributed by atoms with van der Waals surface area (Å²) < 4.78 is 5.82. The maximum atomic E-state index is 5.82. The lowest BCUT2D eigenvalue weighted by Gasteiger charge is -2.17. The molecule has 0 aliphatic rings. The van der Waals surface area contributed by atoms with Gasteiger partial charge in [-0.05, 0) is 30.5 Å². The third-order valence-corrected chi connectivity index (χ3v) is 3.75. The molecule has 1 unspecified atom stereocenters. The number of hydrogen-bond donors (Lipinski definition) is 2. The van der Waals surface area contributed by atoms with Gasteiger partial charge < -0.3 is 15.4 Å². The van der Waals surface area contributed by atoms with Gasteiger partial charge in [0.15, 0.2) is 5.96 Å². The molecule has 21 heavy (non-hydrogen) atoms. The van der Waals surface area contributed by atoms with Crippen LogP contribution in [-0.2, 0) is 6.54 Å². The molecule has 0 fully saturated rings. The largest absolute Gasteiger partial charge is 0.489 e. The van der Waals surface area contributed by atoms with Crippen molar-refractivity contribution in [3.8, 4) is 5.75 Å². The number of guanidine groups is 1. The minimum atomic E-state index is 0.0627. The van der Waals surface area contributed by atoms with Crippen LogP contribution in [0.4, 0.5) is 0 Å². The van der Waals surface area contributed by atoms with Crippen molar-refractivity contribution in [1.29, 1.82) is 0 Å². The van der Waals surface area contributed by atoms with Crippen LogP contribution in [0.15, 0.2) is 52.8 Å². The van der Waals surface area contributed by atoms with Gasteiger partial charge >= 0.3 is 0 Å². The molecule has 0 saturated heterocycles. The molecule has 1 heterocycles. The number of rotatable bonds is 6. The molecule has 5 heteroatoms. The number of hydrogen-bond acceptors (Lipinski definition) is 3. The smallest absolute Gasteiger partial charge is 0.191 e. The van der Waals surface area contributed by atoms with Crippen LogP contribution < -0.4 is 15.4 Å². The molecule has 4 nitrogen and oxygen atoms in total. The van der Waals surface area contributed by atoms with Crippen molar-refractivity contribution in [2.24, 2.45) is 4.99 Å². The highest BCUT2D eigenvalue weighted by atomic mass is 32.1. The summed E-state index contributed by atoms with van der Waals surface area (Å²) in [5.41, 5.74) is 0. The predicted octanol–water partition coefficient (Wildman–Crippen LogP) is 2.88. The average molecular weight is 303 g/mol. The molecule has 0 aliphatic heterocycles.